The van der Waals surface area contributed by atoms with Crippen molar-refractivity contribution in [1.82, 2.24) is 24.5 Å². The van der Waals surface area contributed by atoms with E-state index in [-0.39, 0.29) is 5.91 Å². The van der Waals surface area contributed by atoms with Crippen molar-refractivity contribution in [3.8, 4) is 17.0 Å². The number of methoxy groups -OCH3 is 1. The van der Waals surface area contributed by atoms with E-state index in [2.05, 4.69) is 10.2 Å². The number of nitrogens with zero attached hydrogens (tertiary/aromatic N) is 5. The van der Waals surface area contributed by atoms with Crippen LogP contribution in [0.5, 0.6) is 5.75 Å². The fourth-order valence-corrected chi connectivity index (χ4v) is 3.11. The maximum absolute atomic E-state index is 12.9. The van der Waals surface area contributed by atoms with Gasteiger partial charge in [-0.15, -0.1) is 0 Å². The number of benzene rings is 1. The number of carbonyl (C=O) groups excluding carboxylic acids is 1. The third-order valence-electron chi connectivity index (χ3n) is 4.49. The topological polar surface area (TPSA) is 65.2 Å². The van der Waals surface area contributed by atoms with E-state index in [1.165, 1.54) is 0 Å². The zero-order valence-electron chi connectivity index (χ0n) is 14.2. The molecule has 2 aromatic heterocycles. The molecule has 0 unspecified atom stereocenters. The number of rotatable bonds is 3. The number of aryl methyl sites for hydroxylation is 1. The van der Waals surface area contributed by atoms with E-state index in [1.807, 2.05) is 46.0 Å². The highest BCUT2D eigenvalue weighted by Gasteiger charge is 2.25. The summed E-state index contributed by atoms with van der Waals surface area (Å²) in [5.74, 6) is 0.747. The Hall–Kier alpha value is -3.09. The molecule has 3 aromatic rings. The van der Waals surface area contributed by atoms with Gasteiger partial charge in [-0.3, -0.25) is 14.2 Å². The van der Waals surface area contributed by atoms with E-state index in [1.54, 1.807) is 25.0 Å². The Labute approximate surface area is 145 Å². The Morgan fingerprint density at radius 2 is 2.08 bits per heavy atom. The average Bonchev–Trinajstić information content (AvgIpc) is 3.27. The second kappa shape index (κ2) is 6.08. The second-order valence-corrected chi connectivity index (χ2v) is 6.04. The number of ether oxygens (including phenoxy) is 1. The van der Waals surface area contributed by atoms with Crippen LogP contribution in [0.1, 0.15) is 16.2 Å². The van der Waals surface area contributed by atoms with Crippen LogP contribution in [-0.4, -0.2) is 44.0 Å². The molecule has 3 heterocycles. The van der Waals surface area contributed by atoms with Crippen molar-refractivity contribution in [3.63, 3.8) is 0 Å². The van der Waals surface area contributed by atoms with Gasteiger partial charge in [0.15, 0.2) is 0 Å². The summed E-state index contributed by atoms with van der Waals surface area (Å²) in [6, 6.07) is 11.5. The Morgan fingerprint density at radius 1 is 1.20 bits per heavy atom. The Morgan fingerprint density at radius 3 is 2.92 bits per heavy atom. The lowest BCUT2D eigenvalue weighted by atomic mass is 10.1. The molecule has 0 atom stereocenters. The van der Waals surface area contributed by atoms with Crippen LogP contribution in [0.25, 0.3) is 11.3 Å². The minimum atomic E-state index is -0.0170. The highest BCUT2D eigenvalue weighted by Crippen LogP contribution is 2.24. The largest absolute Gasteiger partial charge is 0.497 e. The summed E-state index contributed by atoms with van der Waals surface area (Å²) < 4.78 is 8.84. The number of fused-ring (bicyclic) bond motifs is 1. The van der Waals surface area contributed by atoms with Crippen molar-refractivity contribution in [2.75, 3.05) is 13.7 Å². The molecule has 1 amide bonds. The summed E-state index contributed by atoms with van der Waals surface area (Å²) in [6.07, 6.45) is 1.77. The second-order valence-electron chi connectivity index (χ2n) is 6.04. The first kappa shape index (κ1) is 15.4. The molecule has 1 aromatic carbocycles. The molecular weight excluding hydrogens is 318 g/mol. The van der Waals surface area contributed by atoms with Crippen LogP contribution in [0.15, 0.2) is 42.6 Å². The summed E-state index contributed by atoms with van der Waals surface area (Å²) in [7, 11) is 3.43. The molecule has 7 nitrogen and oxygen atoms in total. The summed E-state index contributed by atoms with van der Waals surface area (Å²) >= 11 is 0. The molecule has 0 fully saturated rings. The molecule has 7 heteroatoms. The molecule has 0 bridgehead atoms. The van der Waals surface area contributed by atoms with Gasteiger partial charge < -0.3 is 9.64 Å². The zero-order chi connectivity index (χ0) is 17.4. The van der Waals surface area contributed by atoms with E-state index in [0.29, 0.717) is 25.3 Å². The molecule has 0 aliphatic carbocycles. The Balaban J connectivity index is 1.61. The number of carbonyl (C=O) groups is 1. The van der Waals surface area contributed by atoms with Crippen LogP contribution >= 0.6 is 0 Å². The third-order valence-corrected chi connectivity index (χ3v) is 4.49. The molecule has 0 saturated carbocycles. The van der Waals surface area contributed by atoms with E-state index in [9.17, 15) is 4.79 Å². The molecule has 0 spiro atoms. The Kier molecular flexibility index (Phi) is 3.76. The van der Waals surface area contributed by atoms with E-state index in [0.717, 1.165) is 22.7 Å². The molecule has 25 heavy (non-hydrogen) atoms. The fourth-order valence-electron chi connectivity index (χ4n) is 3.11. The highest BCUT2D eigenvalue weighted by atomic mass is 16.5. The molecule has 1 aliphatic rings. The molecule has 128 valence electrons. The van der Waals surface area contributed by atoms with Crippen molar-refractivity contribution in [3.05, 3.63) is 54.0 Å². The van der Waals surface area contributed by atoms with Crippen molar-refractivity contribution in [2.45, 2.75) is 13.1 Å². The van der Waals surface area contributed by atoms with Crippen molar-refractivity contribution < 1.29 is 9.53 Å². The first-order valence-electron chi connectivity index (χ1n) is 8.14. The van der Waals surface area contributed by atoms with Gasteiger partial charge in [0.2, 0.25) is 0 Å². The lowest BCUT2D eigenvalue weighted by Crippen LogP contribution is -2.39. The van der Waals surface area contributed by atoms with Crippen molar-refractivity contribution in [2.24, 2.45) is 7.05 Å². The van der Waals surface area contributed by atoms with E-state index in [4.69, 9.17) is 4.74 Å². The number of hydrogen-bond acceptors (Lipinski definition) is 4. The maximum atomic E-state index is 12.9. The van der Waals surface area contributed by atoms with E-state index < -0.39 is 0 Å². The predicted molar refractivity (Wildman–Crippen MR) is 92.2 cm³/mol. The van der Waals surface area contributed by atoms with Crippen molar-refractivity contribution >= 4 is 5.91 Å². The first-order valence-corrected chi connectivity index (χ1v) is 8.14. The minimum absolute atomic E-state index is 0.0170. The molecule has 1 aliphatic heterocycles. The Bertz CT molecular complexity index is 927. The summed E-state index contributed by atoms with van der Waals surface area (Å²) in [5.41, 5.74) is 3.30. The summed E-state index contributed by atoms with van der Waals surface area (Å²) in [6.45, 7) is 1.93. The van der Waals surface area contributed by atoms with Crippen LogP contribution in [0, 0.1) is 0 Å². The van der Waals surface area contributed by atoms with Crippen LogP contribution in [0.4, 0.5) is 0 Å². The molecule has 0 N–H and O–H groups in total. The molecule has 4 rings (SSSR count). The van der Waals surface area contributed by atoms with Gasteiger partial charge in [-0.2, -0.15) is 10.2 Å². The third kappa shape index (κ3) is 2.77. The molecule has 0 saturated heterocycles. The average molecular weight is 337 g/mol. The highest BCUT2D eigenvalue weighted by molar-refractivity contribution is 5.93. The summed E-state index contributed by atoms with van der Waals surface area (Å²) in [4.78, 5) is 14.8. The van der Waals surface area contributed by atoms with Gasteiger partial charge >= 0.3 is 0 Å². The standard InChI is InChI=1S/C18H19N5O2/c1-21-17(11-16(20-21)13-4-3-5-15(10-13)25-2)18(24)22-8-9-23-14(12-22)6-7-19-23/h3-7,10-11H,8-9,12H2,1-2H3. The quantitative estimate of drug-likeness (QED) is 0.733. The van der Waals surface area contributed by atoms with Crippen LogP contribution < -0.4 is 4.74 Å². The fraction of sp³-hybridized carbons (Fsp3) is 0.278. The zero-order valence-corrected chi connectivity index (χ0v) is 14.2. The van der Waals surface area contributed by atoms with Gasteiger partial charge in [0.1, 0.15) is 11.4 Å². The predicted octanol–water partition coefficient (Wildman–Crippen LogP) is 1.95. The number of aromatic nitrogens is 4. The molecular formula is C18H19N5O2. The minimum Gasteiger partial charge on any atom is -0.497 e. The number of amides is 1. The lowest BCUT2D eigenvalue weighted by Gasteiger charge is -2.27. The maximum Gasteiger partial charge on any atom is 0.272 e. The van der Waals surface area contributed by atoms with Crippen LogP contribution in [-0.2, 0) is 20.1 Å². The van der Waals surface area contributed by atoms with Gasteiger partial charge in [0.25, 0.3) is 5.91 Å². The summed E-state index contributed by atoms with van der Waals surface area (Å²) in [5, 5.41) is 8.75. The number of hydrogen-bond donors (Lipinski definition) is 0. The van der Waals surface area contributed by atoms with Gasteiger partial charge in [0, 0.05) is 25.4 Å². The van der Waals surface area contributed by atoms with Crippen LogP contribution in [0.2, 0.25) is 0 Å². The van der Waals surface area contributed by atoms with Gasteiger partial charge in [0.05, 0.1) is 31.6 Å². The molecule has 0 radical (unpaired) electrons. The normalized spacial score (nSPS) is 13.6. The lowest BCUT2D eigenvalue weighted by molar-refractivity contribution is 0.0695. The monoisotopic (exact) mass is 337 g/mol. The smallest absolute Gasteiger partial charge is 0.272 e. The van der Waals surface area contributed by atoms with Gasteiger partial charge in [-0.1, -0.05) is 12.1 Å². The van der Waals surface area contributed by atoms with Gasteiger partial charge in [-0.25, -0.2) is 0 Å². The first-order chi connectivity index (χ1) is 12.2. The van der Waals surface area contributed by atoms with Gasteiger partial charge in [-0.05, 0) is 24.3 Å². The van der Waals surface area contributed by atoms with E-state index >= 15 is 0 Å². The SMILES string of the molecule is COc1cccc(-c2cc(C(=O)N3CCn4nccc4C3)n(C)n2)c1. The van der Waals surface area contributed by atoms with Crippen molar-refractivity contribution in [1.29, 1.82) is 0 Å². The van der Waals surface area contributed by atoms with Crippen LogP contribution in [0.3, 0.4) is 0 Å².